The third kappa shape index (κ3) is 8.41. The third-order valence-electron chi connectivity index (χ3n) is 5.00. The first-order valence-electron chi connectivity index (χ1n) is 9.57. The fourth-order valence-corrected chi connectivity index (χ4v) is 3.20. The van der Waals surface area contributed by atoms with E-state index in [1.165, 1.54) is 0 Å². The Morgan fingerprint density at radius 3 is 2.25 bits per heavy atom. The van der Waals surface area contributed by atoms with E-state index in [1.54, 1.807) is 31.2 Å². The molecule has 1 fully saturated rings. The van der Waals surface area contributed by atoms with Crippen molar-refractivity contribution in [2.45, 2.75) is 32.0 Å². The summed E-state index contributed by atoms with van der Waals surface area (Å²) in [5, 5.41) is 17.3. The van der Waals surface area contributed by atoms with Crippen LogP contribution in [0.25, 0.3) is 0 Å². The van der Waals surface area contributed by atoms with Gasteiger partial charge in [0.05, 0.1) is 20.0 Å². The zero-order chi connectivity index (χ0) is 24.5. The number of halogens is 3. The Morgan fingerprint density at radius 1 is 1.25 bits per heavy atom. The topological polar surface area (TPSA) is 169 Å². The van der Waals surface area contributed by atoms with Gasteiger partial charge in [0.2, 0.25) is 0 Å². The number of nitrogens with zero attached hydrogens (tertiary/aromatic N) is 1. The molecular formula is C19H27F3N5O5+. The summed E-state index contributed by atoms with van der Waals surface area (Å²) in [7, 11) is 0. The molecule has 1 aliphatic heterocycles. The minimum absolute atomic E-state index is 0.0123. The summed E-state index contributed by atoms with van der Waals surface area (Å²) >= 11 is 0. The van der Waals surface area contributed by atoms with Crippen LogP contribution in [-0.4, -0.2) is 71.8 Å². The number of quaternary nitrogens is 1. The average Bonchev–Trinajstić information content (AvgIpc) is 2.69. The van der Waals surface area contributed by atoms with Gasteiger partial charge in [0.1, 0.15) is 24.7 Å². The van der Waals surface area contributed by atoms with E-state index in [4.69, 9.17) is 31.5 Å². The van der Waals surface area contributed by atoms with Crippen LogP contribution in [0.15, 0.2) is 24.3 Å². The number of nitrogens with two attached hydrogens (primary N) is 2. The molecule has 0 atom stereocenters. The van der Waals surface area contributed by atoms with Gasteiger partial charge in [-0.15, -0.1) is 0 Å². The quantitative estimate of drug-likeness (QED) is 0.242. The van der Waals surface area contributed by atoms with Crippen molar-refractivity contribution in [3.8, 4) is 5.75 Å². The molecule has 32 heavy (non-hydrogen) atoms. The van der Waals surface area contributed by atoms with Gasteiger partial charge in [-0.25, -0.2) is 14.4 Å². The number of benzene rings is 1. The predicted octanol–water partition coefficient (Wildman–Crippen LogP) is 1.18. The number of carboxylic acids is 1. The number of carbonyl (C=O) groups is 3. The number of amides is 3. The number of hydrogen-bond acceptors (Lipinski definition) is 5. The molecule has 3 amide bonds. The van der Waals surface area contributed by atoms with Crippen LogP contribution in [0.5, 0.6) is 5.75 Å². The molecule has 0 unspecified atom stereocenters. The number of aliphatic carboxylic acids is 1. The molecule has 0 radical (unpaired) electrons. The maximum Gasteiger partial charge on any atom is 0.490 e. The van der Waals surface area contributed by atoms with Crippen LogP contribution in [0.4, 0.5) is 18.0 Å². The van der Waals surface area contributed by atoms with E-state index in [2.05, 4.69) is 5.32 Å². The number of carbonyl (C=O) groups excluding carboxylic acids is 2. The first-order chi connectivity index (χ1) is 14.8. The van der Waals surface area contributed by atoms with Gasteiger partial charge in [0, 0.05) is 24.4 Å². The van der Waals surface area contributed by atoms with Gasteiger partial charge in [-0.2, -0.15) is 13.2 Å². The highest BCUT2D eigenvalue weighted by molar-refractivity contribution is 5.95. The van der Waals surface area contributed by atoms with Crippen LogP contribution in [0.1, 0.15) is 25.3 Å². The fraction of sp³-hybridized carbons (Fsp3) is 0.474. The van der Waals surface area contributed by atoms with E-state index in [1.807, 2.05) is 0 Å². The van der Waals surface area contributed by atoms with E-state index < -0.39 is 18.2 Å². The highest BCUT2D eigenvalue weighted by Crippen LogP contribution is 2.21. The lowest BCUT2D eigenvalue weighted by atomic mass is 10.0. The van der Waals surface area contributed by atoms with Crippen LogP contribution in [-0.2, 0) is 9.59 Å². The first-order valence-corrected chi connectivity index (χ1v) is 9.57. The number of amidine groups is 1. The Labute approximate surface area is 182 Å². The molecule has 13 heteroatoms. The zero-order valence-corrected chi connectivity index (χ0v) is 17.4. The van der Waals surface area contributed by atoms with Crippen LogP contribution in [0.3, 0.4) is 0 Å². The number of nitrogens with one attached hydrogen (secondary N) is 2. The number of urea groups is 1. The van der Waals surface area contributed by atoms with Crippen molar-refractivity contribution in [2.24, 2.45) is 11.5 Å². The van der Waals surface area contributed by atoms with Crippen molar-refractivity contribution >= 4 is 23.7 Å². The molecule has 1 aliphatic rings. The second-order valence-electron chi connectivity index (χ2n) is 7.21. The van der Waals surface area contributed by atoms with Gasteiger partial charge in [0.15, 0.2) is 0 Å². The third-order valence-corrected chi connectivity index (χ3v) is 5.00. The summed E-state index contributed by atoms with van der Waals surface area (Å²) in [5.74, 6) is -2.05. The summed E-state index contributed by atoms with van der Waals surface area (Å²) in [6, 6.07) is 6.53. The molecule has 0 spiro atoms. The van der Waals surface area contributed by atoms with Crippen molar-refractivity contribution < 1.29 is 41.9 Å². The number of hydrogen-bond donors (Lipinski definition) is 5. The van der Waals surface area contributed by atoms with Crippen LogP contribution >= 0.6 is 0 Å². The van der Waals surface area contributed by atoms with Gasteiger partial charge >= 0.3 is 24.1 Å². The molecule has 178 valence electrons. The van der Waals surface area contributed by atoms with Crippen molar-refractivity contribution in [3.63, 3.8) is 0 Å². The minimum Gasteiger partial charge on any atom is -0.488 e. The number of piperidine rings is 1. The van der Waals surface area contributed by atoms with Gasteiger partial charge in [-0.1, -0.05) is 12.1 Å². The smallest absolute Gasteiger partial charge is 0.488 e. The predicted molar refractivity (Wildman–Crippen MR) is 108 cm³/mol. The summed E-state index contributed by atoms with van der Waals surface area (Å²) < 4.78 is 37.8. The molecule has 0 saturated carbocycles. The van der Waals surface area contributed by atoms with Gasteiger partial charge in [-0.3, -0.25) is 9.89 Å². The van der Waals surface area contributed by atoms with E-state index in [0.29, 0.717) is 54.9 Å². The van der Waals surface area contributed by atoms with E-state index in [-0.39, 0.29) is 17.8 Å². The number of carboxylic acid groups (broad SMARTS) is 1. The Bertz CT molecular complexity index is 839. The summed E-state index contributed by atoms with van der Waals surface area (Å²) in [6.45, 7) is 3.84. The minimum atomic E-state index is -5.08. The lowest BCUT2D eigenvalue weighted by Crippen LogP contribution is -2.60. The first kappa shape index (κ1) is 26.7. The Morgan fingerprint density at radius 2 is 1.81 bits per heavy atom. The summed E-state index contributed by atoms with van der Waals surface area (Å²) in [4.78, 5) is 32.1. The molecule has 1 aromatic rings. The van der Waals surface area contributed by atoms with Gasteiger partial charge in [0.25, 0.3) is 0 Å². The molecular weight excluding hydrogens is 435 g/mol. The highest BCUT2D eigenvalue weighted by atomic mass is 19.4. The Hall–Kier alpha value is -3.35. The maximum absolute atomic E-state index is 12.2. The molecule has 1 aromatic carbocycles. The summed E-state index contributed by atoms with van der Waals surface area (Å²) in [5.41, 5.74) is 11.2. The second-order valence-corrected chi connectivity index (χ2v) is 7.21. The Kier molecular flexibility index (Phi) is 9.44. The molecule has 0 bridgehead atoms. The van der Waals surface area contributed by atoms with E-state index in [0.717, 1.165) is 0 Å². The van der Waals surface area contributed by atoms with Crippen molar-refractivity contribution in [1.29, 1.82) is 5.41 Å². The normalized spacial score (nSPS) is 20.3. The number of rotatable bonds is 6. The van der Waals surface area contributed by atoms with Crippen LogP contribution in [0.2, 0.25) is 0 Å². The highest BCUT2D eigenvalue weighted by Gasteiger charge is 2.39. The van der Waals surface area contributed by atoms with Crippen molar-refractivity contribution in [1.82, 2.24) is 5.32 Å². The lowest BCUT2D eigenvalue weighted by molar-refractivity contribution is -0.859. The number of ether oxygens (including phenoxy) is 1. The summed E-state index contributed by atoms with van der Waals surface area (Å²) in [6.07, 6.45) is -3.66. The van der Waals surface area contributed by atoms with Gasteiger partial charge < -0.3 is 26.6 Å². The average molecular weight is 462 g/mol. The van der Waals surface area contributed by atoms with E-state index >= 15 is 0 Å². The number of likely N-dealkylation sites (tertiary alicyclic amines) is 1. The van der Waals surface area contributed by atoms with Crippen LogP contribution in [0, 0.1) is 5.41 Å². The molecule has 2 rings (SSSR count). The molecule has 0 aliphatic carbocycles. The number of alkyl halides is 3. The van der Waals surface area contributed by atoms with Crippen molar-refractivity contribution in [2.75, 3.05) is 26.2 Å². The lowest BCUT2D eigenvalue weighted by Gasteiger charge is -2.40. The number of primary amides is 1. The zero-order valence-electron chi connectivity index (χ0n) is 17.4. The standard InChI is InChI=1S/C17H25N5O3.C2HF3O2/c1-12(23)22(7-5-14(6-8-22)21-17(20)24)9-10-25-15-4-2-3-13(11-15)16(18)19;3-2(4,5)1(6)7/h2-4,11,14H,5-10H2,1H3,(H5-,18,19,20,21,24);(H,6,7)/p+1. The molecule has 10 nitrogen and oxygen atoms in total. The largest absolute Gasteiger partial charge is 0.490 e. The molecule has 0 aromatic heterocycles. The van der Waals surface area contributed by atoms with E-state index in [9.17, 15) is 22.8 Å². The number of nitrogen functional groups attached to an aromatic ring is 1. The molecule has 7 N–H and O–H groups in total. The van der Waals surface area contributed by atoms with Crippen molar-refractivity contribution in [3.05, 3.63) is 29.8 Å². The second kappa shape index (κ2) is 11.3. The SMILES string of the molecule is CC(=O)[N+]1(CCOc2cccc(C(=N)N)c2)CCC(NC(N)=O)CC1.O=C(O)C(F)(F)F. The monoisotopic (exact) mass is 462 g/mol. The molecule has 1 saturated heterocycles. The molecule has 1 heterocycles. The van der Waals surface area contributed by atoms with Gasteiger partial charge in [-0.05, 0) is 12.1 Å². The van der Waals surface area contributed by atoms with Crippen LogP contribution < -0.4 is 21.5 Å². The fourth-order valence-electron chi connectivity index (χ4n) is 3.20. The Balaban J connectivity index is 0.000000633. The maximum atomic E-state index is 12.2.